The smallest absolute Gasteiger partial charge is 0.245 e. The zero-order chi connectivity index (χ0) is 65.6. The maximum atomic E-state index is 14.6. The van der Waals surface area contributed by atoms with E-state index in [-0.39, 0.29) is 75.2 Å². The van der Waals surface area contributed by atoms with Gasteiger partial charge < -0.3 is 61.5 Å². The first-order valence-electron chi connectivity index (χ1n) is 30.6. The Morgan fingerprint density at radius 2 is 1.00 bits per heavy atom. The van der Waals surface area contributed by atoms with Crippen LogP contribution in [0.5, 0.6) is 0 Å². The Morgan fingerprint density at radius 1 is 0.523 bits per heavy atom. The van der Waals surface area contributed by atoms with Gasteiger partial charge in [0.1, 0.15) is 60.4 Å². The number of rotatable bonds is 34. The number of hydrogen-bond donors (Lipinski definition) is 7. The minimum atomic E-state index is -1.18. The molecule has 0 bridgehead atoms. The minimum absolute atomic E-state index is 0.0409. The fourth-order valence-electron chi connectivity index (χ4n) is 10.3. The number of likely N-dealkylation sites (tertiary alicyclic amines) is 1. The number of aliphatic hydroxyl groups is 1. The highest BCUT2D eigenvalue weighted by molar-refractivity contribution is 5.99. The minimum Gasteiger partial charge on any atom is -0.381 e. The molecule has 1 fully saturated rings. The lowest BCUT2D eigenvalue weighted by Gasteiger charge is -2.35. The summed E-state index contributed by atoms with van der Waals surface area (Å²) in [5.74, 6) is -6.20. The van der Waals surface area contributed by atoms with E-state index in [1.807, 2.05) is 54.5 Å². The molecule has 0 radical (unpaired) electrons. The van der Waals surface area contributed by atoms with Gasteiger partial charge in [-0.2, -0.15) is 0 Å². The van der Waals surface area contributed by atoms with Crippen LogP contribution in [0.25, 0.3) is 0 Å². The summed E-state index contributed by atoms with van der Waals surface area (Å²) in [4.78, 5) is 161. The second-order valence-corrected chi connectivity index (χ2v) is 25.2. The van der Waals surface area contributed by atoms with Gasteiger partial charge in [0.05, 0.1) is 13.3 Å². The third kappa shape index (κ3) is 23.2. The monoisotopic (exact) mass is 1210 g/mol. The largest absolute Gasteiger partial charge is 0.381 e. The number of benzene rings is 1. The first kappa shape index (κ1) is 75.4. The van der Waals surface area contributed by atoms with Crippen LogP contribution in [0.15, 0.2) is 30.3 Å². The highest BCUT2D eigenvalue weighted by Gasteiger charge is 2.42. The lowest BCUT2D eigenvalue weighted by Crippen LogP contribution is -2.60. The molecule has 0 aromatic heterocycles. The van der Waals surface area contributed by atoms with Crippen molar-refractivity contribution in [3.63, 3.8) is 0 Å². The summed E-state index contributed by atoms with van der Waals surface area (Å²) < 4.78 is 0. The van der Waals surface area contributed by atoms with E-state index in [1.54, 1.807) is 38.2 Å². The fraction of sp³-hybridized carbons (Fsp3) is 0.726. The van der Waals surface area contributed by atoms with E-state index in [9.17, 15) is 57.8 Å². The third-order valence-electron chi connectivity index (χ3n) is 15.8. The van der Waals surface area contributed by atoms with Crippen molar-refractivity contribution in [3.05, 3.63) is 35.9 Å². The molecule has 24 nitrogen and oxygen atoms in total. The van der Waals surface area contributed by atoms with Crippen LogP contribution < -0.4 is 31.9 Å². The zero-order valence-electron chi connectivity index (χ0n) is 54.9. The van der Waals surface area contributed by atoms with Crippen molar-refractivity contribution in [1.29, 1.82) is 0 Å². The molecular weight excluding hydrogens is 1100 g/mol. The summed E-state index contributed by atoms with van der Waals surface area (Å²) in [5.41, 5.74) is 0.719. The van der Waals surface area contributed by atoms with Gasteiger partial charge in [0, 0.05) is 47.2 Å². The van der Waals surface area contributed by atoms with E-state index in [1.165, 1.54) is 85.3 Å². The molecule has 1 aromatic carbocycles. The fourth-order valence-corrected chi connectivity index (χ4v) is 10.3. The second kappa shape index (κ2) is 35.8. The summed E-state index contributed by atoms with van der Waals surface area (Å²) in [6, 6.07) is -1.83. The van der Waals surface area contributed by atoms with Gasteiger partial charge in [-0.05, 0) is 116 Å². The Hall–Kier alpha value is -6.69. The van der Waals surface area contributed by atoms with Crippen molar-refractivity contribution in [2.24, 2.45) is 23.7 Å². The molecule has 86 heavy (non-hydrogen) atoms. The predicted molar refractivity (Wildman–Crippen MR) is 329 cm³/mol. The van der Waals surface area contributed by atoms with Crippen LogP contribution in [0.1, 0.15) is 147 Å². The van der Waals surface area contributed by atoms with Crippen LogP contribution in [0.4, 0.5) is 0 Å². The lowest BCUT2D eigenvalue weighted by atomic mass is 9.98. The number of nitrogens with one attached hydrogen (secondary N) is 6. The first-order chi connectivity index (χ1) is 40.1. The molecule has 486 valence electrons. The molecule has 0 unspecified atom stereocenters. The topological polar surface area (TPSA) is 300 Å². The third-order valence-corrected chi connectivity index (χ3v) is 15.8. The summed E-state index contributed by atoms with van der Waals surface area (Å²) in [7, 11) is 7.36. The highest BCUT2D eigenvalue weighted by Crippen LogP contribution is 2.23. The van der Waals surface area contributed by atoms with Crippen molar-refractivity contribution in [2.75, 3.05) is 55.1 Å². The molecule has 1 saturated heterocycles. The summed E-state index contributed by atoms with van der Waals surface area (Å²) >= 11 is 0. The highest BCUT2D eigenvalue weighted by atomic mass is 16.3. The van der Waals surface area contributed by atoms with E-state index in [2.05, 4.69) is 45.7 Å². The Bertz CT molecular complexity index is 2440. The molecule has 1 aliphatic rings. The molecule has 2 rings (SSSR count). The van der Waals surface area contributed by atoms with Crippen molar-refractivity contribution >= 4 is 65.0 Å². The number of carbonyl (C=O) groups is 11. The summed E-state index contributed by atoms with van der Waals surface area (Å²) in [5, 5.41) is 26.1. The Kier molecular flexibility index (Phi) is 31.4. The SMILES string of the molecule is CC[C@H](CC(C)C)NC(=O)[C@H](C)N(C)C(=O)[C@@H]1CCCN1C(=O)[C@H](C)NC(=O)[C@H](C)NC(=O)[C@H](CC(C)C)N(C)C(=O)[C@H](CC(C)C)NC(=O)[C@H](C)N(C)C(=O)[C@H](CC(C)C)NC(=O)[C@H](Cc1ccccc1)N(C)C(=O)[C@H](C)NC(=O)CN(C)CO. The van der Waals surface area contributed by atoms with E-state index >= 15 is 0 Å². The molecule has 1 heterocycles. The van der Waals surface area contributed by atoms with Crippen LogP contribution >= 0.6 is 0 Å². The van der Waals surface area contributed by atoms with Crippen molar-refractivity contribution in [2.45, 2.75) is 215 Å². The number of nitrogens with zero attached hydrogens (tertiary/aromatic N) is 6. The molecule has 11 amide bonds. The summed E-state index contributed by atoms with van der Waals surface area (Å²) in [6.45, 7) is 24.6. The maximum Gasteiger partial charge on any atom is 0.245 e. The molecule has 24 heteroatoms. The maximum absolute atomic E-state index is 14.6. The van der Waals surface area contributed by atoms with Crippen molar-refractivity contribution < 1.29 is 57.8 Å². The first-order valence-corrected chi connectivity index (χ1v) is 30.6. The molecule has 1 aromatic rings. The van der Waals surface area contributed by atoms with Gasteiger partial charge in [0.15, 0.2) is 0 Å². The van der Waals surface area contributed by atoms with Crippen LogP contribution in [-0.4, -0.2) is 221 Å². The lowest BCUT2D eigenvalue weighted by molar-refractivity contribution is -0.147. The molecule has 0 spiro atoms. The van der Waals surface area contributed by atoms with Gasteiger partial charge in [-0.15, -0.1) is 0 Å². The van der Waals surface area contributed by atoms with Crippen LogP contribution in [-0.2, 0) is 59.2 Å². The van der Waals surface area contributed by atoms with Crippen molar-refractivity contribution in [3.8, 4) is 0 Å². The van der Waals surface area contributed by atoms with E-state index < -0.39 is 119 Å². The summed E-state index contributed by atoms with van der Waals surface area (Å²) in [6.07, 6.45) is 2.98. The van der Waals surface area contributed by atoms with Crippen molar-refractivity contribution in [1.82, 2.24) is 61.3 Å². The van der Waals surface area contributed by atoms with Crippen LogP contribution in [0, 0.1) is 23.7 Å². The van der Waals surface area contributed by atoms with E-state index in [4.69, 9.17) is 0 Å². The average molecular weight is 1210 g/mol. The molecule has 0 aliphatic carbocycles. The molecule has 11 atom stereocenters. The van der Waals surface area contributed by atoms with Gasteiger partial charge >= 0.3 is 0 Å². The number of aliphatic hydroxyl groups excluding tert-OH is 1. The van der Waals surface area contributed by atoms with E-state index in [0.29, 0.717) is 18.8 Å². The van der Waals surface area contributed by atoms with Crippen LogP contribution in [0.2, 0.25) is 0 Å². The number of carbonyl (C=O) groups excluding carboxylic acids is 11. The van der Waals surface area contributed by atoms with Gasteiger partial charge in [0.25, 0.3) is 0 Å². The van der Waals surface area contributed by atoms with Gasteiger partial charge in [-0.3, -0.25) is 57.6 Å². The molecule has 1 aliphatic heterocycles. The van der Waals surface area contributed by atoms with E-state index in [0.717, 1.165) is 18.4 Å². The molecular formula is C62H106N12O12. The van der Waals surface area contributed by atoms with Gasteiger partial charge in [-0.1, -0.05) is 92.6 Å². The number of hydrogen-bond acceptors (Lipinski definition) is 13. The Morgan fingerprint density at radius 3 is 1.52 bits per heavy atom. The Labute approximate surface area is 511 Å². The second-order valence-electron chi connectivity index (χ2n) is 25.2. The number of amides is 11. The Balaban J connectivity index is 2.27. The zero-order valence-corrected chi connectivity index (χ0v) is 54.9. The normalized spacial score (nSPS) is 16.8. The molecule has 7 N–H and O–H groups in total. The predicted octanol–water partition coefficient (Wildman–Crippen LogP) is 2.01. The standard InChI is InChI=1S/C62H106N12O12/c1-20-46(29-36(2)3)66-54(78)43(13)71(17)62(86)49-27-24-28-74(49)59(83)42(12)65-53(77)40(10)64-56(80)50(32-39(8)9)73(19)61(85)48(31-38(6)7)67-55(79)44(14)70(16)60(84)47(30-37(4)5)68-57(81)51(33-45-25-22-21-23-26-45)72(18)58(82)41(11)63-52(76)34-69(15)35-75/h21-23,25-26,36-44,46-51,75H,20,24,27-35H2,1-19H3,(H,63,76)(H,64,80)(H,65,77)(H,66,78)(H,67,79)(H,68,81)/t40-,41-,42-,43-,44-,46+,47-,48-,49-,50-,51-/m0/s1. The quantitative estimate of drug-likeness (QED) is 0.0487. The van der Waals surface area contributed by atoms with Crippen LogP contribution in [0.3, 0.4) is 0 Å². The molecule has 0 saturated carbocycles. The number of likely N-dealkylation sites (N-methyl/N-ethyl adjacent to an activating group) is 5. The van der Waals surface area contributed by atoms with Gasteiger partial charge in [0.2, 0.25) is 65.0 Å². The van der Waals surface area contributed by atoms with Gasteiger partial charge in [-0.25, -0.2) is 0 Å². The average Bonchev–Trinajstić information content (AvgIpc) is 2.69.